The van der Waals surface area contributed by atoms with Crippen molar-refractivity contribution < 1.29 is 0 Å². The number of aromatic nitrogens is 2. The first-order valence-corrected chi connectivity index (χ1v) is 4.34. The summed E-state index contributed by atoms with van der Waals surface area (Å²) in [6, 6.07) is 1.97. The van der Waals surface area contributed by atoms with Crippen molar-refractivity contribution in [2.45, 2.75) is 25.3 Å². The Morgan fingerprint density at radius 1 is 1.58 bits per heavy atom. The molecule has 4 nitrogen and oxygen atoms in total. The van der Waals surface area contributed by atoms with Gasteiger partial charge in [0.2, 0.25) is 0 Å². The van der Waals surface area contributed by atoms with Gasteiger partial charge in [0.05, 0.1) is 12.2 Å². The van der Waals surface area contributed by atoms with E-state index in [0.29, 0.717) is 12.5 Å². The van der Waals surface area contributed by atoms with Crippen molar-refractivity contribution in [3.05, 3.63) is 11.8 Å². The molecule has 2 rings (SSSR count). The smallest absolute Gasteiger partial charge is 0.121 e. The molecule has 0 saturated heterocycles. The fourth-order valence-electron chi connectivity index (χ4n) is 1.33. The molecule has 66 valence electrons. The highest BCUT2D eigenvalue weighted by Gasteiger charge is 2.26. The van der Waals surface area contributed by atoms with E-state index in [1.807, 2.05) is 6.07 Å². The van der Waals surface area contributed by atoms with Crippen LogP contribution in [0.5, 0.6) is 0 Å². The van der Waals surface area contributed by atoms with Crippen LogP contribution in [-0.2, 0) is 6.54 Å². The predicted octanol–water partition coefficient (Wildman–Crippen LogP) is 0.301. The summed E-state index contributed by atoms with van der Waals surface area (Å²) in [7, 11) is 0. The van der Waals surface area contributed by atoms with Crippen LogP contribution in [0.25, 0.3) is 0 Å². The number of anilines is 1. The normalized spacial score (nSPS) is 16.8. The molecule has 1 aliphatic carbocycles. The van der Waals surface area contributed by atoms with Crippen LogP contribution < -0.4 is 11.5 Å². The van der Waals surface area contributed by atoms with E-state index in [9.17, 15) is 0 Å². The van der Waals surface area contributed by atoms with Crippen molar-refractivity contribution >= 4 is 5.82 Å². The Bertz CT molecular complexity index is 275. The molecule has 0 aromatic carbocycles. The van der Waals surface area contributed by atoms with Gasteiger partial charge in [-0.25, -0.2) is 4.68 Å². The Labute approximate surface area is 71.5 Å². The lowest BCUT2D eigenvalue weighted by molar-refractivity contribution is 0.623. The van der Waals surface area contributed by atoms with Crippen molar-refractivity contribution in [1.82, 2.24) is 9.78 Å². The van der Waals surface area contributed by atoms with E-state index in [2.05, 4.69) is 5.10 Å². The molecule has 0 atom stereocenters. The minimum atomic E-state index is 0.593. The molecule has 1 aliphatic rings. The number of nitrogen functional groups attached to an aromatic ring is 1. The maximum atomic E-state index is 5.74. The van der Waals surface area contributed by atoms with Gasteiger partial charge in [0.15, 0.2) is 0 Å². The minimum Gasteiger partial charge on any atom is -0.384 e. The number of rotatable bonds is 3. The van der Waals surface area contributed by atoms with Gasteiger partial charge >= 0.3 is 0 Å². The van der Waals surface area contributed by atoms with Crippen molar-refractivity contribution in [2.75, 3.05) is 12.3 Å². The first-order valence-electron chi connectivity index (χ1n) is 4.34. The average Bonchev–Trinajstić information content (AvgIpc) is 2.80. The van der Waals surface area contributed by atoms with Gasteiger partial charge in [-0.1, -0.05) is 0 Å². The molecule has 4 heteroatoms. The fraction of sp³-hybridized carbons (Fsp3) is 0.625. The first kappa shape index (κ1) is 7.61. The van der Waals surface area contributed by atoms with E-state index in [0.717, 1.165) is 18.1 Å². The van der Waals surface area contributed by atoms with Crippen LogP contribution in [0, 0.1) is 0 Å². The van der Waals surface area contributed by atoms with Crippen molar-refractivity contribution in [2.24, 2.45) is 5.73 Å². The Hall–Kier alpha value is -1.03. The Balaban J connectivity index is 2.18. The third-order valence-corrected chi connectivity index (χ3v) is 2.17. The van der Waals surface area contributed by atoms with Crippen LogP contribution in [0.3, 0.4) is 0 Å². The van der Waals surface area contributed by atoms with Gasteiger partial charge in [-0.2, -0.15) is 5.10 Å². The summed E-state index contributed by atoms with van der Waals surface area (Å²) in [5.41, 5.74) is 12.3. The van der Waals surface area contributed by atoms with Crippen LogP contribution in [0.15, 0.2) is 6.07 Å². The zero-order valence-electron chi connectivity index (χ0n) is 7.03. The van der Waals surface area contributed by atoms with Crippen LogP contribution in [0.2, 0.25) is 0 Å². The Morgan fingerprint density at radius 3 is 2.92 bits per heavy atom. The lowest BCUT2D eigenvalue weighted by Crippen LogP contribution is -2.13. The summed E-state index contributed by atoms with van der Waals surface area (Å²) in [5, 5.41) is 4.37. The molecule has 0 bridgehead atoms. The quantitative estimate of drug-likeness (QED) is 0.678. The predicted molar refractivity (Wildman–Crippen MR) is 47.7 cm³/mol. The van der Waals surface area contributed by atoms with Gasteiger partial charge in [0, 0.05) is 18.5 Å². The molecule has 1 fully saturated rings. The zero-order chi connectivity index (χ0) is 8.55. The number of hydrogen-bond donors (Lipinski definition) is 2. The van der Waals surface area contributed by atoms with E-state index >= 15 is 0 Å². The van der Waals surface area contributed by atoms with E-state index in [4.69, 9.17) is 11.5 Å². The molecule has 0 spiro atoms. The second kappa shape index (κ2) is 2.79. The molecule has 1 aromatic rings. The number of hydrogen-bond acceptors (Lipinski definition) is 3. The molecule has 0 amide bonds. The Morgan fingerprint density at radius 2 is 2.33 bits per heavy atom. The summed E-state index contributed by atoms with van der Waals surface area (Å²) < 4.78 is 1.79. The topological polar surface area (TPSA) is 69.9 Å². The van der Waals surface area contributed by atoms with Gasteiger partial charge in [-0.05, 0) is 12.8 Å². The standard InChI is InChI=1S/C8H14N4/c9-3-4-12-8(10)5-7(11-12)6-1-2-6/h5-6H,1-4,9-10H2. The molecule has 0 unspecified atom stereocenters. The van der Waals surface area contributed by atoms with Gasteiger partial charge in [0.25, 0.3) is 0 Å². The highest BCUT2D eigenvalue weighted by Crippen LogP contribution is 2.39. The summed E-state index contributed by atoms with van der Waals surface area (Å²) in [6.07, 6.45) is 2.53. The Kier molecular flexibility index (Phi) is 1.77. The molecule has 0 aliphatic heterocycles. The second-order valence-corrected chi connectivity index (χ2v) is 3.28. The third kappa shape index (κ3) is 1.30. The number of nitrogens with two attached hydrogens (primary N) is 2. The molecule has 1 saturated carbocycles. The molecule has 0 radical (unpaired) electrons. The number of nitrogens with zero attached hydrogens (tertiary/aromatic N) is 2. The zero-order valence-corrected chi connectivity index (χ0v) is 7.03. The van der Waals surface area contributed by atoms with Crippen LogP contribution in [0.4, 0.5) is 5.82 Å². The van der Waals surface area contributed by atoms with Crippen molar-refractivity contribution in [3.63, 3.8) is 0 Å². The molecule has 1 heterocycles. The molecular weight excluding hydrogens is 152 g/mol. The monoisotopic (exact) mass is 166 g/mol. The molecule has 4 N–H and O–H groups in total. The lowest BCUT2D eigenvalue weighted by atomic mass is 10.3. The average molecular weight is 166 g/mol. The first-order chi connectivity index (χ1) is 5.81. The maximum absolute atomic E-state index is 5.74. The summed E-state index contributed by atoms with van der Waals surface area (Å²) >= 11 is 0. The van der Waals surface area contributed by atoms with Gasteiger partial charge in [-0.15, -0.1) is 0 Å². The van der Waals surface area contributed by atoms with E-state index in [-0.39, 0.29) is 0 Å². The fourth-order valence-corrected chi connectivity index (χ4v) is 1.33. The summed E-state index contributed by atoms with van der Waals surface area (Å²) in [5.74, 6) is 1.41. The van der Waals surface area contributed by atoms with Gasteiger partial charge in [0.1, 0.15) is 5.82 Å². The van der Waals surface area contributed by atoms with Crippen LogP contribution >= 0.6 is 0 Å². The molecule has 1 aromatic heterocycles. The highest BCUT2D eigenvalue weighted by molar-refractivity contribution is 5.33. The minimum absolute atomic E-state index is 0.593. The maximum Gasteiger partial charge on any atom is 0.121 e. The summed E-state index contributed by atoms with van der Waals surface area (Å²) in [6.45, 7) is 1.31. The van der Waals surface area contributed by atoms with Crippen molar-refractivity contribution in [3.8, 4) is 0 Å². The highest BCUT2D eigenvalue weighted by atomic mass is 15.3. The lowest BCUT2D eigenvalue weighted by Gasteiger charge is -1.99. The molecule has 12 heavy (non-hydrogen) atoms. The second-order valence-electron chi connectivity index (χ2n) is 3.28. The van der Waals surface area contributed by atoms with E-state index in [1.165, 1.54) is 12.8 Å². The van der Waals surface area contributed by atoms with Crippen LogP contribution in [0.1, 0.15) is 24.5 Å². The summed E-state index contributed by atoms with van der Waals surface area (Å²) in [4.78, 5) is 0. The van der Waals surface area contributed by atoms with Gasteiger partial charge in [-0.3, -0.25) is 0 Å². The van der Waals surface area contributed by atoms with E-state index in [1.54, 1.807) is 4.68 Å². The van der Waals surface area contributed by atoms with E-state index < -0.39 is 0 Å². The third-order valence-electron chi connectivity index (χ3n) is 2.17. The molecular formula is C8H14N4. The van der Waals surface area contributed by atoms with Gasteiger partial charge < -0.3 is 11.5 Å². The van der Waals surface area contributed by atoms with Crippen LogP contribution in [-0.4, -0.2) is 16.3 Å². The SMILES string of the molecule is NCCn1nc(C2CC2)cc1N. The van der Waals surface area contributed by atoms with Crippen molar-refractivity contribution in [1.29, 1.82) is 0 Å². The largest absolute Gasteiger partial charge is 0.384 e.